The minimum absolute atomic E-state index is 0. The number of hydrogen-bond donors (Lipinski definition) is 6. The summed E-state index contributed by atoms with van der Waals surface area (Å²) in [6, 6.07) is 26.9. The van der Waals surface area contributed by atoms with Gasteiger partial charge in [0.25, 0.3) is 31.6 Å². The molecule has 0 atom stereocenters. The number of aromatic hydroxyl groups is 2. The second kappa shape index (κ2) is 21.6. The first-order chi connectivity index (χ1) is 29.3. The SMILES string of the molecule is O=C1C=C(S(=O)(=O)O)c2cc([N+](=O)[O-])ccc2C1=NNc1c(O)ccc2ccccc12.O=C1C=C(S(=O)(=O)O)c2cc([N+](=O)[O-])ccc2C1=NNc1c(O)ccc2ccccc12.[Cr].[Li+].[Li+].[Li+]. The quantitative estimate of drug-likeness (QED) is 0.0295. The Morgan fingerprint density at radius 3 is 1.20 bits per heavy atom. The van der Waals surface area contributed by atoms with E-state index in [4.69, 9.17) is 0 Å². The van der Waals surface area contributed by atoms with Crippen molar-refractivity contribution < 1.29 is 130 Å². The number of carbonyl (C=O) groups excluding carboxylic acids is 2. The Labute approximate surface area is 420 Å². The van der Waals surface area contributed by atoms with E-state index in [0.29, 0.717) is 22.9 Å². The standard InChI is InChI=1S/2C20H13N3O7S.Cr.3Li/c2*24-16-8-5-11-3-1-2-4-13(11)19(16)21-22-20-14-7-6-12(23(26)27)9-15(14)18(10-17(20)25)31(28,29)30;;;;/h2*1-10,21,24H,(H,28,29,30);;;;/q;;;3*+1. The number of rotatable bonds is 8. The molecular weight excluding hydrogens is 925 g/mol. The van der Waals surface area contributed by atoms with Gasteiger partial charge in [-0.05, 0) is 35.0 Å². The van der Waals surface area contributed by atoms with E-state index in [2.05, 4.69) is 21.1 Å². The number of phenols is 2. The summed E-state index contributed by atoms with van der Waals surface area (Å²) < 4.78 is 65.9. The van der Waals surface area contributed by atoms with Crippen LogP contribution in [0.2, 0.25) is 0 Å². The van der Waals surface area contributed by atoms with E-state index in [1.54, 1.807) is 36.4 Å². The third kappa shape index (κ3) is 11.2. The van der Waals surface area contributed by atoms with E-state index in [1.165, 1.54) is 24.3 Å². The van der Waals surface area contributed by atoms with E-state index < -0.39 is 62.8 Å². The largest absolute Gasteiger partial charge is 1.00 e. The van der Waals surface area contributed by atoms with Gasteiger partial charge in [0.15, 0.2) is 0 Å². The number of ketones is 2. The molecule has 6 aromatic carbocycles. The summed E-state index contributed by atoms with van der Waals surface area (Å²) in [6.07, 6.45) is 1.29. The van der Waals surface area contributed by atoms with Crippen molar-refractivity contribution in [2.45, 2.75) is 0 Å². The molecule has 318 valence electrons. The first kappa shape index (κ1) is 54.5. The van der Waals surface area contributed by atoms with Crippen LogP contribution in [0.1, 0.15) is 22.3 Å². The van der Waals surface area contributed by atoms with Crippen molar-refractivity contribution in [2.75, 3.05) is 10.9 Å². The monoisotopic (exact) mass is 951 g/mol. The molecule has 6 aromatic rings. The molecule has 20 nitrogen and oxygen atoms in total. The van der Waals surface area contributed by atoms with Gasteiger partial charge in [-0.3, -0.25) is 49.8 Å². The molecule has 0 aliphatic heterocycles. The number of allylic oxidation sites excluding steroid dienone is 2. The predicted octanol–water partition coefficient (Wildman–Crippen LogP) is -2.83. The third-order valence-corrected chi connectivity index (χ3v) is 11.2. The van der Waals surface area contributed by atoms with E-state index in [1.807, 2.05) is 24.3 Å². The molecule has 0 aromatic heterocycles. The summed E-state index contributed by atoms with van der Waals surface area (Å²) in [7, 11) is -9.68. The van der Waals surface area contributed by atoms with Crippen molar-refractivity contribution in [3.63, 3.8) is 0 Å². The number of benzene rings is 6. The van der Waals surface area contributed by atoms with Crippen LogP contribution < -0.4 is 67.4 Å². The third-order valence-electron chi connectivity index (χ3n) is 9.39. The van der Waals surface area contributed by atoms with Gasteiger partial charge >= 0.3 is 56.6 Å². The molecule has 0 heterocycles. The van der Waals surface area contributed by atoms with Gasteiger partial charge in [-0.2, -0.15) is 27.0 Å². The van der Waals surface area contributed by atoms with Crippen LogP contribution >= 0.6 is 0 Å². The molecule has 2 aliphatic carbocycles. The van der Waals surface area contributed by atoms with Crippen LogP contribution in [0.25, 0.3) is 31.4 Å². The van der Waals surface area contributed by atoms with E-state index >= 15 is 0 Å². The van der Waals surface area contributed by atoms with Crippen LogP contribution in [0.5, 0.6) is 11.5 Å². The summed E-state index contributed by atoms with van der Waals surface area (Å²) in [5.74, 6) is -1.96. The Balaban J connectivity index is 0.000000330. The molecule has 0 fully saturated rings. The molecule has 0 bridgehead atoms. The topological polar surface area (TPSA) is 318 Å². The van der Waals surface area contributed by atoms with Crippen LogP contribution in [-0.2, 0) is 47.2 Å². The fourth-order valence-corrected chi connectivity index (χ4v) is 7.95. The molecule has 2 aliphatic rings. The van der Waals surface area contributed by atoms with Gasteiger partial charge in [0.2, 0.25) is 11.6 Å². The summed E-state index contributed by atoms with van der Waals surface area (Å²) >= 11 is 0. The normalized spacial score (nSPS) is 14.0. The number of carbonyl (C=O) groups is 2. The molecular formula is C40H26CrLi3N6O14S2+3. The number of phenolic OH excluding ortho intramolecular Hbond substituents is 2. The first-order valence-corrected chi connectivity index (χ1v) is 20.4. The molecule has 0 unspecified atom stereocenters. The van der Waals surface area contributed by atoms with Gasteiger partial charge in [-0.1, -0.05) is 60.7 Å². The molecule has 0 spiro atoms. The maximum absolute atomic E-state index is 12.6. The zero-order chi connectivity index (χ0) is 44.7. The average molecular weight is 952 g/mol. The number of nitrogens with one attached hydrogen (secondary N) is 2. The zero-order valence-corrected chi connectivity index (χ0v) is 37.3. The fourth-order valence-electron chi connectivity index (χ4n) is 6.54. The van der Waals surface area contributed by atoms with Crippen molar-refractivity contribution in [3.05, 3.63) is 164 Å². The molecule has 0 saturated heterocycles. The minimum Gasteiger partial charge on any atom is -0.506 e. The van der Waals surface area contributed by atoms with Crippen LogP contribution in [0.3, 0.4) is 0 Å². The molecule has 8 rings (SSSR count). The van der Waals surface area contributed by atoms with Crippen molar-refractivity contribution in [1.29, 1.82) is 0 Å². The first-order valence-electron chi connectivity index (χ1n) is 17.5. The van der Waals surface area contributed by atoms with Gasteiger partial charge in [0.1, 0.15) is 44.1 Å². The number of hydrogen-bond acceptors (Lipinski definition) is 16. The Kier molecular flexibility index (Phi) is 17.9. The molecule has 0 saturated carbocycles. The number of nitro groups is 2. The van der Waals surface area contributed by atoms with E-state index in [9.17, 15) is 66.0 Å². The number of hydrazone groups is 2. The Hall–Kier alpha value is -5.86. The van der Waals surface area contributed by atoms with Gasteiger partial charge in [0.05, 0.1) is 9.85 Å². The van der Waals surface area contributed by atoms with E-state index in [-0.39, 0.29) is 130 Å². The van der Waals surface area contributed by atoms with E-state index in [0.717, 1.165) is 35.0 Å². The molecule has 26 heteroatoms. The van der Waals surface area contributed by atoms with Crippen LogP contribution in [0.15, 0.2) is 132 Å². The summed E-state index contributed by atoms with van der Waals surface area (Å²) in [6.45, 7) is 0. The van der Waals surface area contributed by atoms with Crippen molar-refractivity contribution >= 4 is 97.3 Å². The number of anilines is 2. The number of nitrogens with zero attached hydrogens (tertiary/aromatic N) is 4. The second-order valence-electron chi connectivity index (χ2n) is 13.2. The smallest absolute Gasteiger partial charge is 0.506 e. The molecule has 0 radical (unpaired) electrons. The second-order valence-corrected chi connectivity index (χ2v) is 16.0. The summed E-state index contributed by atoms with van der Waals surface area (Å²) in [5, 5.41) is 53.6. The summed E-state index contributed by atoms with van der Waals surface area (Å²) in [4.78, 5) is 44.4. The minimum atomic E-state index is -4.84. The van der Waals surface area contributed by atoms with Crippen LogP contribution in [0, 0.1) is 20.2 Å². The molecule has 6 N–H and O–H groups in total. The predicted molar refractivity (Wildman–Crippen MR) is 227 cm³/mol. The Morgan fingerprint density at radius 2 is 0.864 bits per heavy atom. The van der Waals surface area contributed by atoms with Gasteiger partial charge in [-0.25, -0.2) is 0 Å². The zero-order valence-electron chi connectivity index (χ0n) is 34.4. The summed E-state index contributed by atoms with van der Waals surface area (Å²) in [5.41, 5.74) is 3.81. The Morgan fingerprint density at radius 1 is 0.515 bits per heavy atom. The molecule has 0 amide bonds. The maximum atomic E-state index is 12.6. The fraction of sp³-hybridized carbons (Fsp3) is 0. The number of non-ortho nitro benzene ring substituents is 2. The van der Waals surface area contributed by atoms with Crippen LogP contribution in [-0.4, -0.2) is 69.0 Å². The Bertz CT molecular complexity index is 3130. The number of nitro benzene ring substituents is 2. The van der Waals surface area contributed by atoms with Gasteiger partial charge < -0.3 is 10.2 Å². The van der Waals surface area contributed by atoms with Gasteiger partial charge in [-0.15, -0.1) is 0 Å². The van der Waals surface area contributed by atoms with Crippen molar-refractivity contribution in [3.8, 4) is 11.5 Å². The van der Waals surface area contributed by atoms with Gasteiger partial charge in [0, 0.05) is 86.8 Å². The van der Waals surface area contributed by atoms with Crippen molar-refractivity contribution in [2.24, 2.45) is 10.2 Å². The van der Waals surface area contributed by atoms with Crippen LogP contribution in [0.4, 0.5) is 22.7 Å². The average Bonchev–Trinajstić information content (AvgIpc) is 3.22. The van der Waals surface area contributed by atoms with Crippen molar-refractivity contribution in [1.82, 2.24) is 0 Å². The molecule has 66 heavy (non-hydrogen) atoms. The number of fused-ring (bicyclic) bond motifs is 4. The maximum Gasteiger partial charge on any atom is 1.00 e.